The zero-order chi connectivity index (χ0) is 22.1. The van der Waals surface area contributed by atoms with Crippen LogP contribution in [0.3, 0.4) is 0 Å². The van der Waals surface area contributed by atoms with Crippen LogP contribution < -0.4 is 5.32 Å². The molecular formula is C20H14ClF3N2O2S2. The van der Waals surface area contributed by atoms with Crippen LogP contribution in [0.4, 0.5) is 18.9 Å². The topological polar surface area (TPSA) is 49.4 Å². The molecule has 10 heteroatoms. The summed E-state index contributed by atoms with van der Waals surface area (Å²) in [7, 11) is 0. The van der Waals surface area contributed by atoms with Crippen molar-refractivity contribution < 1.29 is 22.8 Å². The molecule has 1 heterocycles. The van der Waals surface area contributed by atoms with E-state index in [-0.39, 0.29) is 10.0 Å². The first kappa shape index (κ1) is 22.3. The van der Waals surface area contributed by atoms with Crippen molar-refractivity contribution in [1.82, 2.24) is 4.90 Å². The molecule has 1 aliphatic rings. The van der Waals surface area contributed by atoms with Crippen molar-refractivity contribution in [2.24, 2.45) is 0 Å². The van der Waals surface area contributed by atoms with Gasteiger partial charge in [0.1, 0.15) is 10.4 Å². The second-order valence-electron chi connectivity index (χ2n) is 6.35. The van der Waals surface area contributed by atoms with Crippen LogP contribution in [0.5, 0.6) is 0 Å². The third-order valence-corrected chi connectivity index (χ3v) is 5.80. The van der Waals surface area contributed by atoms with Crippen LogP contribution in [0.1, 0.15) is 18.1 Å². The highest BCUT2D eigenvalue weighted by Crippen LogP contribution is 2.35. The fraction of sp³-hybridized carbons (Fsp3) is 0.150. The number of rotatable bonds is 4. The van der Waals surface area contributed by atoms with E-state index in [2.05, 4.69) is 5.32 Å². The first-order valence-electron chi connectivity index (χ1n) is 8.57. The summed E-state index contributed by atoms with van der Waals surface area (Å²) in [5, 5.41) is 2.96. The lowest BCUT2D eigenvalue weighted by atomic mass is 10.1. The minimum atomic E-state index is -4.53. The molecule has 1 atom stereocenters. The van der Waals surface area contributed by atoms with Gasteiger partial charge >= 0.3 is 6.18 Å². The Morgan fingerprint density at radius 3 is 2.53 bits per heavy atom. The number of anilines is 1. The summed E-state index contributed by atoms with van der Waals surface area (Å²) in [6.45, 7) is 1.46. The number of amides is 2. The van der Waals surface area contributed by atoms with Crippen molar-refractivity contribution in [2.45, 2.75) is 19.1 Å². The van der Waals surface area contributed by atoms with Crippen LogP contribution in [0, 0.1) is 0 Å². The highest BCUT2D eigenvalue weighted by molar-refractivity contribution is 8.26. The van der Waals surface area contributed by atoms with Gasteiger partial charge in [0, 0.05) is 10.7 Å². The van der Waals surface area contributed by atoms with Crippen molar-refractivity contribution in [3.05, 3.63) is 69.6 Å². The zero-order valence-corrected chi connectivity index (χ0v) is 17.8. The Bertz CT molecular complexity index is 1040. The van der Waals surface area contributed by atoms with E-state index in [0.717, 1.165) is 34.4 Å². The molecule has 30 heavy (non-hydrogen) atoms. The molecule has 1 fully saturated rings. The first-order valence-corrected chi connectivity index (χ1v) is 10.2. The number of alkyl halides is 3. The molecule has 4 nitrogen and oxygen atoms in total. The Hall–Kier alpha value is -2.36. The number of carbonyl (C=O) groups excluding carboxylic acids is 2. The molecule has 2 aromatic carbocycles. The van der Waals surface area contributed by atoms with Crippen molar-refractivity contribution in [1.29, 1.82) is 0 Å². The summed E-state index contributed by atoms with van der Waals surface area (Å²) in [5.41, 5.74) is -0.172. The number of nitrogens with zero attached hydrogens (tertiary/aromatic N) is 1. The molecule has 156 valence electrons. The number of thiocarbonyl (C=S) groups is 1. The maximum absolute atomic E-state index is 12.9. The van der Waals surface area contributed by atoms with Crippen molar-refractivity contribution in [2.75, 3.05) is 5.32 Å². The smallest absolute Gasteiger partial charge is 0.324 e. The van der Waals surface area contributed by atoms with Crippen LogP contribution in [0.25, 0.3) is 6.08 Å². The molecule has 2 amide bonds. The van der Waals surface area contributed by atoms with E-state index in [1.807, 2.05) is 0 Å². The van der Waals surface area contributed by atoms with E-state index in [1.165, 1.54) is 19.1 Å². The molecule has 0 radical (unpaired) electrons. The van der Waals surface area contributed by atoms with Gasteiger partial charge in [-0.05, 0) is 48.9 Å². The lowest BCUT2D eigenvalue weighted by molar-refractivity contribution is -0.137. The minimum Gasteiger partial charge on any atom is -0.324 e. The maximum atomic E-state index is 12.9. The number of halogens is 4. The fourth-order valence-electron chi connectivity index (χ4n) is 2.66. The van der Waals surface area contributed by atoms with E-state index in [4.69, 9.17) is 23.8 Å². The Morgan fingerprint density at radius 2 is 1.90 bits per heavy atom. The zero-order valence-electron chi connectivity index (χ0n) is 15.4. The second-order valence-corrected chi connectivity index (χ2v) is 8.46. The number of carbonyl (C=O) groups is 2. The van der Waals surface area contributed by atoms with E-state index in [0.29, 0.717) is 9.93 Å². The quantitative estimate of drug-likeness (QED) is 0.467. The average Bonchev–Trinajstić information content (AvgIpc) is 2.95. The predicted octanol–water partition coefficient (Wildman–Crippen LogP) is 5.59. The molecular weight excluding hydrogens is 457 g/mol. The first-order chi connectivity index (χ1) is 14.1. The summed E-state index contributed by atoms with van der Waals surface area (Å²) in [5.74, 6) is -1.11. The van der Waals surface area contributed by atoms with Gasteiger partial charge in [-0.25, -0.2) is 0 Å². The third-order valence-electron chi connectivity index (χ3n) is 4.22. The maximum Gasteiger partial charge on any atom is 0.416 e. The number of nitrogens with one attached hydrogen (secondary N) is 1. The molecule has 0 bridgehead atoms. The highest BCUT2D eigenvalue weighted by atomic mass is 35.5. The Morgan fingerprint density at radius 1 is 1.23 bits per heavy atom. The van der Waals surface area contributed by atoms with E-state index < -0.39 is 29.6 Å². The summed E-state index contributed by atoms with van der Waals surface area (Å²) < 4.78 is 38.8. The van der Waals surface area contributed by atoms with E-state index in [1.54, 1.807) is 30.3 Å². The van der Waals surface area contributed by atoms with Crippen LogP contribution in [0.2, 0.25) is 5.02 Å². The molecule has 1 unspecified atom stereocenters. The molecule has 1 saturated heterocycles. The lowest BCUT2D eigenvalue weighted by Gasteiger charge is -2.22. The van der Waals surface area contributed by atoms with Gasteiger partial charge in [0.25, 0.3) is 5.91 Å². The number of hydrogen-bond donors (Lipinski definition) is 1. The van der Waals surface area contributed by atoms with E-state index in [9.17, 15) is 22.8 Å². The van der Waals surface area contributed by atoms with Crippen LogP contribution in [-0.4, -0.2) is 27.1 Å². The average molecular weight is 471 g/mol. The standard InChI is InChI=1S/C20H14ClF3N2O2S2/c1-11(17(27)25-15-4-2-3-13(10-15)20(22,23)24)26-18(28)16(30-19(26)29)9-12-5-7-14(21)8-6-12/h2-11H,1H3,(H,25,27)/b16-9-. The van der Waals surface area contributed by atoms with Crippen LogP contribution >= 0.6 is 35.6 Å². The predicted molar refractivity (Wildman–Crippen MR) is 116 cm³/mol. The Balaban J connectivity index is 1.75. The van der Waals surface area contributed by atoms with Gasteiger partial charge in [-0.2, -0.15) is 13.2 Å². The van der Waals surface area contributed by atoms with Gasteiger partial charge < -0.3 is 5.32 Å². The highest BCUT2D eigenvalue weighted by Gasteiger charge is 2.38. The summed E-state index contributed by atoms with van der Waals surface area (Å²) in [6.07, 6.45) is -2.90. The summed E-state index contributed by atoms with van der Waals surface area (Å²) in [4.78, 5) is 26.8. The molecule has 0 aliphatic carbocycles. The number of benzene rings is 2. The molecule has 3 rings (SSSR count). The Kier molecular flexibility index (Phi) is 6.54. The van der Waals surface area contributed by atoms with Crippen molar-refractivity contribution in [3.63, 3.8) is 0 Å². The third kappa shape index (κ3) is 5.03. The molecule has 1 N–H and O–H groups in total. The lowest BCUT2D eigenvalue weighted by Crippen LogP contribution is -2.44. The van der Waals surface area contributed by atoms with Gasteiger partial charge in [-0.3, -0.25) is 14.5 Å². The fourth-order valence-corrected chi connectivity index (χ4v) is 4.21. The number of hydrogen-bond acceptors (Lipinski definition) is 4. The largest absolute Gasteiger partial charge is 0.416 e. The van der Waals surface area contributed by atoms with E-state index >= 15 is 0 Å². The molecule has 0 saturated carbocycles. The molecule has 2 aromatic rings. The van der Waals surface area contributed by atoms with Crippen molar-refractivity contribution >= 4 is 63.5 Å². The molecule has 1 aliphatic heterocycles. The number of thioether (sulfide) groups is 1. The monoisotopic (exact) mass is 470 g/mol. The van der Waals surface area contributed by atoms with Gasteiger partial charge in [0.2, 0.25) is 5.91 Å². The molecule has 0 spiro atoms. The summed E-state index contributed by atoms with van der Waals surface area (Å²) in [6, 6.07) is 10.1. The SMILES string of the molecule is CC(C(=O)Nc1cccc(C(F)(F)F)c1)N1C(=O)/C(=C/c2ccc(Cl)cc2)SC1=S. The van der Waals surface area contributed by atoms with Gasteiger partial charge in [0.15, 0.2) is 0 Å². The normalized spacial score (nSPS) is 16.8. The van der Waals surface area contributed by atoms with Crippen molar-refractivity contribution in [3.8, 4) is 0 Å². The molecule has 0 aromatic heterocycles. The van der Waals surface area contributed by atoms with Gasteiger partial charge in [0.05, 0.1) is 10.5 Å². The Labute approximate surface area is 185 Å². The second kappa shape index (κ2) is 8.79. The van der Waals surface area contributed by atoms with Gasteiger partial charge in [-0.1, -0.05) is 53.8 Å². The van der Waals surface area contributed by atoms with Gasteiger partial charge in [-0.15, -0.1) is 0 Å². The minimum absolute atomic E-state index is 0.0242. The van der Waals surface area contributed by atoms with Crippen LogP contribution in [0.15, 0.2) is 53.4 Å². The summed E-state index contributed by atoms with van der Waals surface area (Å²) >= 11 is 12.1. The van der Waals surface area contributed by atoms with Crippen LogP contribution in [-0.2, 0) is 15.8 Å².